The summed E-state index contributed by atoms with van der Waals surface area (Å²) < 4.78 is 47.0. The number of likely N-dealkylation sites (tertiary alicyclic amines) is 1. The lowest BCUT2D eigenvalue weighted by molar-refractivity contribution is -0.879. The standard InChI is InChI=1S/C19H25F3NO3.BrH/c1-23(2)10-8-16(12-23)26-17(24)19(25,13-3-5-15(20)6-4-13)14-7-9-18(21,22)11-14;/h3-6,14,16,25H,7-12H2,1-2H3;1H/q+1;/p-1/t14-,16-,19+;/m1./s1. The molecule has 8 heteroatoms. The summed E-state index contributed by atoms with van der Waals surface area (Å²) in [6.07, 6.45) is -0.697. The largest absolute Gasteiger partial charge is 1.00 e. The lowest BCUT2D eigenvalue weighted by Crippen LogP contribution is -3.00. The Morgan fingerprint density at radius 2 is 1.89 bits per heavy atom. The first kappa shape index (κ1) is 22.2. The van der Waals surface area contributed by atoms with Crippen molar-refractivity contribution < 1.29 is 49.3 Å². The van der Waals surface area contributed by atoms with Crippen LogP contribution in [-0.4, -0.2) is 54.8 Å². The van der Waals surface area contributed by atoms with Gasteiger partial charge >= 0.3 is 5.97 Å². The summed E-state index contributed by atoms with van der Waals surface area (Å²) in [5, 5.41) is 11.2. The van der Waals surface area contributed by atoms with Crippen molar-refractivity contribution in [3.63, 3.8) is 0 Å². The summed E-state index contributed by atoms with van der Waals surface area (Å²) in [5.41, 5.74) is -2.11. The van der Waals surface area contributed by atoms with Crippen LogP contribution in [0, 0.1) is 11.7 Å². The molecule has 1 aromatic carbocycles. The minimum Gasteiger partial charge on any atom is -1.00 e. The van der Waals surface area contributed by atoms with E-state index in [1.807, 2.05) is 14.1 Å². The summed E-state index contributed by atoms with van der Waals surface area (Å²) in [4.78, 5) is 12.9. The topological polar surface area (TPSA) is 46.5 Å². The van der Waals surface area contributed by atoms with E-state index in [4.69, 9.17) is 4.74 Å². The van der Waals surface area contributed by atoms with E-state index < -0.39 is 35.6 Å². The molecule has 1 heterocycles. The Hall–Kier alpha value is -1.12. The first-order chi connectivity index (χ1) is 12.0. The van der Waals surface area contributed by atoms with Crippen molar-refractivity contribution in [1.29, 1.82) is 0 Å². The van der Waals surface area contributed by atoms with Crippen LogP contribution in [0.15, 0.2) is 24.3 Å². The van der Waals surface area contributed by atoms with Crippen molar-refractivity contribution >= 4 is 5.97 Å². The van der Waals surface area contributed by atoms with Crippen molar-refractivity contribution in [2.75, 3.05) is 27.2 Å². The summed E-state index contributed by atoms with van der Waals surface area (Å²) in [6, 6.07) is 4.75. The van der Waals surface area contributed by atoms with Gasteiger partial charge in [-0.05, 0) is 24.1 Å². The molecule has 0 bridgehead atoms. The molecule has 3 rings (SSSR count). The van der Waals surface area contributed by atoms with E-state index in [1.54, 1.807) is 0 Å². The van der Waals surface area contributed by atoms with Crippen molar-refractivity contribution in [3.8, 4) is 0 Å². The second-order valence-corrected chi connectivity index (χ2v) is 8.23. The zero-order valence-electron chi connectivity index (χ0n) is 15.4. The number of rotatable bonds is 4. The minimum absolute atomic E-state index is 0. The van der Waals surface area contributed by atoms with Gasteiger partial charge in [-0.1, -0.05) is 12.1 Å². The first-order valence-electron chi connectivity index (χ1n) is 8.91. The lowest BCUT2D eigenvalue weighted by atomic mass is 9.80. The number of quaternary nitrogens is 1. The van der Waals surface area contributed by atoms with Crippen LogP contribution < -0.4 is 17.0 Å². The average Bonchev–Trinajstić information content (AvgIpc) is 3.08. The lowest BCUT2D eigenvalue weighted by Gasteiger charge is -2.33. The monoisotopic (exact) mass is 451 g/mol. The molecule has 2 fully saturated rings. The van der Waals surface area contributed by atoms with Crippen LogP contribution in [0.5, 0.6) is 0 Å². The molecule has 0 amide bonds. The fraction of sp³-hybridized carbons (Fsp3) is 0.632. The number of esters is 1. The van der Waals surface area contributed by atoms with Crippen LogP contribution in [0.4, 0.5) is 13.2 Å². The number of nitrogens with zero attached hydrogens (tertiary/aromatic N) is 1. The molecule has 1 saturated heterocycles. The van der Waals surface area contributed by atoms with Gasteiger partial charge in [0, 0.05) is 25.2 Å². The predicted octanol–water partition coefficient (Wildman–Crippen LogP) is -0.155. The van der Waals surface area contributed by atoms with Crippen LogP contribution in [0.3, 0.4) is 0 Å². The molecule has 0 aromatic heterocycles. The molecule has 0 radical (unpaired) electrons. The molecule has 1 N–H and O–H groups in total. The number of carbonyl (C=O) groups excluding carboxylic acids is 1. The van der Waals surface area contributed by atoms with Gasteiger partial charge < -0.3 is 31.3 Å². The quantitative estimate of drug-likeness (QED) is 0.511. The second kappa shape index (κ2) is 7.72. The van der Waals surface area contributed by atoms with Crippen LogP contribution >= 0.6 is 0 Å². The van der Waals surface area contributed by atoms with Crippen molar-refractivity contribution in [2.45, 2.75) is 43.3 Å². The summed E-state index contributed by atoms with van der Waals surface area (Å²) in [6.45, 7) is 1.43. The Labute approximate surface area is 167 Å². The third kappa shape index (κ3) is 4.66. The van der Waals surface area contributed by atoms with Gasteiger partial charge in [-0.2, -0.15) is 0 Å². The number of alkyl halides is 2. The Morgan fingerprint density at radius 3 is 2.37 bits per heavy atom. The number of benzene rings is 1. The normalized spacial score (nSPS) is 28.2. The SMILES string of the molecule is C[N+]1(C)CC[C@@H](OC(=O)[C@](O)(c2ccc(F)cc2)[C@@H]2CCC(F)(F)C2)C1.[Br-]. The molecular weight excluding hydrogens is 427 g/mol. The summed E-state index contributed by atoms with van der Waals surface area (Å²) in [5.74, 6) is -5.35. The number of carbonyl (C=O) groups is 1. The molecule has 1 saturated carbocycles. The van der Waals surface area contributed by atoms with Gasteiger partial charge in [-0.15, -0.1) is 0 Å². The van der Waals surface area contributed by atoms with Crippen LogP contribution in [0.1, 0.15) is 31.2 Å². The number of likely N-dealkylation sites (N-methyl/N-ethyl adjacent to an activating group) is 1. The Morgan fingerprint density at radius 1 is 1.26 bits per heavy atom. The van der Waals surface area contributed by atoms with Crippen molar-refractivity contribution in [2.24, 2.45) is 5.92 Å². The van der Waals surface area contributed by atoms with Gasteiger partial charge in [0.1, 0.15) is 12.4 Å². The van der Waals surface area contributed by atoms with Crippen LogP contribution in [-0.2, 0) is 15.1 Å². The van der Waals surface area contributed by atoms with E-state index in [9.17, 15) is 23.1 Å². The van der Waals surface area contributed by atoms with Gasteiger partial charge in [0.05, 0.1) is 20.6 Å². The van der Waals surface area contributed by atoms with E-state index >= 15 is 0 Å². The third-order valence-corrected chi connectivity index (χ3v) is 5.62. The van der Waals surface area contributed by atoms with Crippen LogP contribution in [0.25, 0.3) is 0 Å². The molecule has 3 atom stereocenters. The van der Waals surface area contributed by atoms with E-state index in [1.165, 1.54) is 12.1 Å². The maximum atomic E-state index is 13.7. The molecule has 27 heavy (non-hydrogen) atoms. The Kier molecular flexibility index (Phi) is 6.34. The molecule has 4 nitrogen and oxygen atoms in total. The Balaban J connectivity index is 0.00000261. The summed E-state index contributed by atoms with van der Waals surface area (Å²) >= 11 is 0. The fourth-order valence-electron chi connectivity index (χ4n) is 4.10. The van der Waals surface area contributed by atoms with E-state index in [0.717, 1.165) is 18.7 Å². The van der Waals surface area contributed by atoms with Gasteiger partial charge in [0.2, 0.25) is 5.92 Å². The van der Waals surface area contributed by atoms with E-state index in [2.05, 4.69) is 0 Å². The van der Waals surface area contributed by atoms with Crippen molar-refractivity contribution in [1.82, 2.24) is 0 Å². The first-order valence-corrected chi connectivity index (χ1v) is 8.91. The van der Waals surface area contributed by atoms with E-state index in [0.29, 0.717) is 17.4 Å². The van der Waals surface area contributed by atoms with Gasteiger partial charge in [0.15, 0.2) is 11.7 Å². The number of aliphatic hydroxyl groups is 1. The molecule has 0 unspecified atom stereocenters. The van der Waals surface area contributed by atoms with Gasteiger partial charge in [0.25, 0.3) is 0 Å². The van der Waals surface area contributed by atoms with Crippen LogP contribution in [0.2, 0.25) is 0 Å². The molecule has 1 aliphatic carbocycles. The third-order valence-electron chi connectivity index (χ3n) is 5.62. The van der Waals surface area contributed by atoms with E-state index in [-0.39, 0.29) is 41.5 Å². The Bertz CT molecular complexity index is 683. The molecule has 0 spiro atoms. The number of hydrogen-bond acceptors (Lipinski definition) is 3. The zero-order chi connectivity index (χ0) is 19.2. The number of ether oxygens (including phenoxy) is 1. The number of halogens is 4. The molecule has 152 valence electrons. The maximum absolute atomic E-state index is 13.7. The molecular formula is C19H25BrF3NO3. The summed E-state index contributed by atoms with van der Waals surface area (Å²) in [7, 11) is 4.02. The highest BCUT2D eigenvalue weighted by Crippen LogP contribution is 2.48. The minimum atomic E-state index is -2.93. The smallest absolute Gasteiger partial charge is 0.343 e. The zero-order valence-corrected chi connectivity index (χ0v) is 17.0. The predicted molar refractivity (Wildman–Crippen MR) is 88.9 cm³/mol. The highest BCUT2D eigenvalue weighted by Gasteiger charge is 2.55. The molecule has 2 aliphatic rings. The highest BCUT2D eigenvalue weighted by molar-refractivity contribution is 5.82. The number of hydrogen-bond donors (Lipinski definition) is 1. The fourth-order valence-corrected chi connectivity index (χ4v) is 4.10. The maximum Gasteiger partial charge on any atom is 0.343 e. The molecule has 1 aliphatic heterocycles. The van der Waals surface area contributed by atoms with Gasteiger partial charge in [-0.3, -0.25) is 0 Å². The molecule has 1 aromatic rings. The van der Waals surface area contributed by atoms with Gasteiger partial charge in [-0.25, -0.2) is 18.0 Å². The highest BCUT2D eigenvalue weighted by atomic mass is 79.9. The van der Waals surface area contributed by atoms with Crippen molar-refractivity contribution in [3.05, 3.63) is 35.6 Å². The second-order valence-electron chi connectivity index (χ2n) is 8.23. The average molecular weight is 452 g/mol.